The molecule has 0 aliphatic heterocycles. The van der Waals surface area contributed by atoms with Crippen LogP contribution < -0.4 is 5.32 Å². The van der Waals surface area contributed by atoms with Crippen LogP contribution in [0.2, 0.25) is 0 Å². The molecule has 1 unspecified atom stereocenters. The molecule has 1 N–H and O–H groups in total. The van der Waals surface area contributed by atoms with Crippen molar-refractivity contribution < 1.29 is 0 Å². The molecule has 0 saturated heterocycles. The van der Waals surface area contributed by atoms with Crippen LogP contribution in [0.15, 0.2) is 18.2 Å². The number of nitrogens with one attached hydrogen (secondary N) is 1. The van der Waals surface area contributed by atoms with Gasteiger partial charge in [0.15, 0.2) is 0 Å². The van der Waals surface area contributed by atoms with Gasteiger partial charge in [-0.1, -0.05) is 36.6 Å². The number of hydrogen-bond donors (Lipinski definition) is 1. The molecule has 0 aliphatic carbocycles. The normalized spacial score (nSPS) is 12.1. The highest BCUT2D eigenvalue weighted by atomic mass is 14.9. The Balaban J connectivity index is 2.79. The first kappa shape index (κ1) is 11.8. The Hall–Kier alpha value is -1.26. The van der Waals surface area contributed by atoms with Crippen molar-refractivity contribution in [2.75, 3.05) is 6.54 Å². The van der Waals surface area contributed by atoms with Crippen LogP contribution in [0.4, 0.5) is 0 Å². The van der Waals surface area contributed by atoms with E-state index in [2.05, 4.69) is 50.2 Å². The van der Waals surface area contributed by atoms with Crippen molar-refractivity contribution in [2.24, 2.45) is 0 Å². The van der Waals surface area contributed by atoms with E-state index in [1.807, 2.05) is 0 Å². The molecule has 0 heterocycles. The Morgan fingerprint density at radius 1 is 1.40 bits per heavy atom. The van der Waals surface area contributed by atoms with Crippen LogP contribution >= 0.6 is 0 Å². The molecule has 0 spiro atoms. The fourth-order valence-electron chi connectivity index (χ4n) is 1.68. The Morgan fingerprint density at radius 2 is 2.13 bits per heavy atom. The van der Waals surface area contributed by atoms with E-state index < -0.39 is 0 Å². The monoisotopic (exact) mass is 201 g/mol. The topological polar surface area (TPSA) is 12.0 Å². The van der Waals surface area contributed by atoms with Crippen molar-refractivity contribution in [1.29, 1.82) is 0 Å². The Bertz CT molecular complexity index is 360. The molecule has 1 nitrogen and oxygen atoms in total. The number of likely N-dealkylation sites (N-methyl/N-ethyl adjacent to an activating group) is 1. The van der Waals surface area contributed by atoms with Crippen molar-refractivity contribution in [3.05, 3.63) is 34.9 Å². The number of benzene rings is 1. The molecular weight excluding hydrogens is 182 g/mol. The summed E-state index contributed by atoms with van der Waals surface area (Å²) in [5, 5.41) is 3.29. The van der Waals surface area contributed by atoms with Gasteiger partial charge in [0.25, 0.3) is 0 Å². The molecule has 15 heavy (non-hydrogen) atoms. The molecular formula is C14H19N. The van der Waals surface area contributed by atoms with Crippen molar-refractivity contribution in [1.82, 2.24) is 5.32 Å². The van der Waals surface area contributed by atoms with Crippen molar-refractivity contribution in [3.63, 3.8) is 0 Å². The maximum absolute atomic E-state index is 5.48. The van der Waals surface area contributed by atoms with Gasteiger partial charge in [-0.05, 0) is 37.9 Å². The maximum Gasteiger partial charge on any atom is 0.0727 e. The molecule has 0 saturated carbocycles. The Morgan fingerprint density at radius 3 is 2.73 bits per heavy atom. The summed E-state index contributed by atoms with van der Waals surface area (Å²) in [5.74, 6) is 2.79. The third-order valence-corrected chi connectivity index (χ3v) is 2.58. The van der Waals surface area contributed by atoms with E-state index in [1.165, 1.54) is 16.7 Å². The van der Waals surface area contributed by atoms with Gasteiger partial charge in [-0.15, -0.1) is 6.42 Å². The standard InChI is InChI=1S/C14H19N/c1-5-14(15-6-2)10-13-9-11(3)7-8-12(13)4/h1,7-9,14-15H,6,10H2,2-4H3. The molecule has 80 valence electrons. The van der Waals surface area contributed by atoms with Gasteiger partial charge in [0, 0.05) is 0 Å². The van der Waals surface area contributed by atoms with Crippen molar-refractivity contribution in [2.45, 2.75) is 33.2 Å². The van der Waals surface area contributed by atoms with Crippen LogP contribution in [0.1, 0.15) is 23.6 Å². The summed E-state index contributed by atoms with van der Waals surface area (Å²) >= 11 is 0. The minimum Gasteiger partial charge on any atom is -0.304 e. The lowest BCUT2D eigenvalue weighted by molar-refractivity contribution is 0.627. The molecule has 1 atom stereocenters. The molecule has 0 fully saturated rings. The lowest BCUT2D eigenvalue weighted by atomic mass is 9.99. The van der Waals surface area contributed by atoms with E-state index in [9.17, 15) is 0 Å². The van der Waals surface area contributed by atoms with E-state index >= 15 is 0 Å². The molecule has 0 bridgehead atoms. The minimum atomic E-state index is 0.149. The van der Waals surface area contributed by atoms with E-state index in [-0.39, 0.29) is 6.04 Å². The fraction of sp³-hybridized carbons (Fsp3) is 0.429. The maximum atomic E-state index is 5.48. The van der Waals surface area contributed by atoms with Gasteiger partial charge in [0.1, 0.15) is 0 Å². The third-order valence-electron chi connectivity index (χ3n) is 2.58. The second-order valence-corrected chi connectivity index (χ2v) is 3.91. The van der Waals surface area contributed by atoms with Crippen molar-refractivity contribution in [3.8, 4) is 12.3 Å². The Labute approximate surface area is 92.9 Å². The van der Waals surface area contributed by atoms with Gasteiger partial charge in [0.05, 0.1) is 6.04 Å². The minimum absolute atomic E-state index is 0.149. The number of aryl methyl sites for hydroxylation is 2. The van der Waals surface area contributed by atoms with Gasteiger partial charge >= 0.3 is 0 Å². The lowest BCUT2D eigenvalue weighted by Crippen LogP contribution is -2.29. The highest BCUT2D eigenvalue weighted by Gasteiger charge is 2.06. The number of hydrogen-bond acceptors (Lipinski definition) is 1. The number of terminal acetylenes is 1. The smallest absolute Gasteiger partial charge is 0.0727 e. The second-order valence-electron chi connectivity index (χ2n) is 3.91. The zero-order chi connectivity index (χ0) is 11.3. The van der Waals surface area contributed by atoms with Gasteiger partial charge in [-0.3, -0.25) is 0 Å². The highest BCUT2D eigenvalue weighted by molar-refractivity contribution is 5.32. The summed E-state index contributed by atoms with van der Waals surface area (Å²) in [6.07, 6.45) is 6.40. The predicted molar refractivity (Wildman–Crippen MR) is 65.9 cm³/mol. The first-order valence-electron chi connectivity index (χ1n) is 5.43. The molecule has 1 aromatic carbocycles. The fourth-order valence-corrected chi connectivity index (χ4v) is 1.68. The number of rotatable bonds is 4. The van der Waals surface area contributed by atoms with Crippen LogP contribution in [-0.4, -0.2) is 12.6 Å². The zero-order valence-corrected chi connectivity index (χ0v) is 9.80. The van der Waals surface area contributed by atoms with Gasteiger partial charge in [-0.25, -0.2) is 0 Å². The molecule has 0 amide bonds. The molecule has 1 rings (SSSR count). The van der Waals surface area contributed by atoms with E-state index in [0.29, 0.717) is 0 Å². The summed E-state index contributed by atoms with van der Waals surface area (Å²) in [5.41, 5.74) is 3.96. The molecule has 1 heteroatoms. The predicted octanol–water partition coefficient (Wildman–Crippen LogP) is 2.46. The summed E-state index contributed by atoms with van der Waals surface area (Å²) < 4.78 is 0. The van der Waals surface area contributed by atoms with Crippen LogP contribution in [0.3, 0.4) is 0 Å². The SMILES string of the molecule is C#CC(Cc1cc(C)ccc1C)NCC. The largest absolute Gasteiger partial charge is 0.304 e. The molecule has 0 aromatic heterocycles. The first-order chi connectivity index (χ1) is 7.17. The third kappa shape index (κ3) is 3.42. The van der Waals surface area contributed by atoms with Crippen LogP contribution in [0.25, 0.3) is 0 Å². The summed E-state index contributed by atoms with van der Waals surface area (Å²) in [6, 6.07) is 6.66. The van der Waals surface area contributed by atoms with Gasteiger partial charge in [-0.2, -0.15) is 0 Å². The van der Waals surface area contributed by atoms with Gasteiger partial charge in [0.2, 0.25) is 0 Å². The van der Waals surface area contributed by atoms with E-state index in [4.69, 9.17) is 6.42 Å². The zero-order valence-electron chi connectivity index (χ0n) is 9.80. The second kappa shape index (κ2) is 5.58. The average molecular weight is 201 g/mol. The van der Waals surface area contributed by atoms with Gasteiger partial charge < -0.3 is 5.32 Å². The van der Waals surface area contributed by atoms with Crippen LogP contribution in [0, 0.1) is 26.2 Å². The van der Waals surface area contributed by atoms with Crippen LogP contribution in [-0.2, 0) is 6.42 Å². The summed E-state index contributed by atoms with van der Waals surface area (Å²) in [6.45, 7) is 7.24. The molecule has 0 aliphatic rings. The first-order valence-corrected chi connectivity index (χ1v) is 5.43. The van der Waals surface area contributed by atoms with E-state index in [1.54, 1.807) is 0 Å². The van der Waals surface area contributed by atoms with E-state index in [0.717, 1.165) is 13.0 Å². The summed E-state index contributed by atoms with van der Waals surface area (Å²) in [7, 11) is 0. The highest BCUT2D eigenvalue weighted by Crippen LogP contribution is 2.12. The van der Waals surface area contributed by atoms with Crippen LogP contribution in [0.5, 0.6) is 0 Å². The molecule has 1 aromatic rings. The molecule has 0 radical (unpaired) electrons. The average Bonchev–Trinajstić information content (AvgIpc) is 2.22. The van der Waals surface area contributed by atoms with Crippen molar-refractivity contribution >= 4 is 0 Å². The summed E-state index contributed by atoms with van der Waals surface area (Å²) in [4.78, 5) is 0. The quantitative estimate of drug-likeness (QED) is 0.738. The Kier molecular flexibility index (Phi) is 4.39. The lowest BCUT2D eigenvalue weighted by Gasteiger charge is -2.13.